The molecule has 3 rings (SSSR count). The fourth-order valence-corrected chi connectivity index (χ4v) is 2.71. The summed E-state index contributed by atoms with van der Waals surface area (Å²) in [5, 5.41) is 5.19. The van der Waals surface area contributed by atoms with E-state index in [2.05, 4.69) is 26.0 Å². The molecule has 0 N–H and O–H groups in total. The van der Waals surface area contributed by atoms with Crippen molar-refractivity contribution in [2.24, 2.45) is 0 Å². The van der Waals surface area contributed by atoms with Crippen molar-refractivity contribution in [3.05, 3.63) is 22.4 Å². The summed E-state index contributed by atoms with van der Waals surface area (Å²) in [6, 6.07) is 1.88. The normalized spacial score (nSPS) is 19.8. The maximum absolute atomic E-state index is 11.7. The summed E-state index contributed by atoms with van der Waals surface area (Å²) in [6.45, 7) is 2.26. The van der Waals surface area contributed by atoms with Crippen LogP contribution in [-0.4, -0.2) is 27.2 Å². The van der Waals surface area contributed by atoms with Crippen molar-refractivity contribution in [3.63, 3.8) is 0 Å². The molecule has 0 amide bonds. The molecule has 1 fully saturated rings. The van der Waals surface area contributed by atoms with E-state index < -0.39 is 0 Å². The lowest BCUT2D eigenvalue weighted by Gasteiger charge is -2.22. The summed E-state index contributed by atoms with van der Waals surface area (Å²) in [4.78, 5) is 16.1. The molecule has 1 aliphatic heterocycles. The van der Waals surface area contributed by atoms with E-state index in [9.17, 15) is 4.79 Å². The second kappa shape index (κ2) is 5.02. The molecule has 1 unspecified atom stereocenters. The Labute approximate surface area is 119 Å². The van der Waals surface area contributed by atoms with Gasteiger partial charge in [-0.05, 0) is 41.3 Å². The smallest absolute Gasteiger partial charge is 0.180 e. The summed E-state index contributed by atoms with van der Waals surface area (Å²) in [6.07, 6.45) is 4.70. The molecule has 0 radical (unpaired) electrons. The van der Waals surface area contributed by atoms with Gasteiger partial charge in [0.15, 0.2) is 17.7 Å². The quantitative estimate of drug-likeness (QED) is 0.797. The van der Waals surface area contributed by atoms with Crippen LogP contribution < -0.4 is 0 Å². The van der Waals surface area contributed by atoms with Crippen LogP contribution in [0.2, 0.25) is 0 Å². The topological polar surface area (TPSA) is 57.0 Å². The lowest BCUT2D eigenvalue weighted by Crippen LogP contribution is -2.19. The summed E-state index contributed by atoms with van der Waals surface area (Å²) in [7, 11) is 0. The largest absolute Gasteiger partial charge is 0.356 e. The van der Waals surface area contributed by atoms with Crippen molar-refractivity contribution in [2.75, 3.05) is 6.61 Å². The van der Waals surface area contributed by atoms with Gasteiger partial charge in [0.25, 0.3) is 0 Å². The van der Waals surface area contributed by atoms with Crippen LogP contribution in [0.5, 0.6) is 0 Å². The zero-order valence-electron chi connectivity index (χ0n) is 10.6. The van der Waals surface area contributed by atoms with Crippen LogP contribution in [0.25, 0.3) is 11.0 Å². The van der Waals surface area contributed by atoms with Crippen LogP contribution >= 0.6 is 15.9 Å². The number of carbonyl (C=O) groups excluding carboxylic acids is 1. The molecular formula is C13H14BrN3O2. The molecule has 0 spiro atoms. The van der Waals surface area contributed by atoms with E-state index in [4.69, 9.17) is 4.74 Å². The number of ether oxygens (including phenoxy) is 1. The summed E-state index contributed by atoms with van der Waals surface area (Å²) >= 11 is 3.38. The summed E-state index contributed by atoms with van der Waals surface area (Å²) in [5.74, 6) is -0.0561. The highest BCUT2D eigenvalue weighted by Crippen LogP contribution is 2.28. The second-order valence-corrected chi connectivity index (χ2v) is 5.61. The van der Waals surface area contributed by atoms with Crippen LogP contribution in [0, 0.1) is 0 Å². The Morgan fingerprint density at radius 2 is 2.37 bits per heavy atom. The van der Waals surface area contributed by atoms with Gasteiger partial charge in [0.2, 0.25) is 0 Å². The van der Waals surface area contributed by atoms with Crippen molar-refractivity contribution < 1.29 is 9.53 Å². The van der Waals surface area contributed by atoms with Crippen molar-refractivity contribution in [3.8, 4) is 0 Å². The van der Waals surface area contributed by atoms with Gasteiger partial charge in [-0.3, -0.25) is 4.79 Å². The standard InChI is InChI=1S/C13H14BrN3O2/c1-8(18)12-10-6-9(14)7-15-13(10)17(16-12)11-4-2-3-5-19-11/h6-7,11H,2-5H2,1H3. The van der Waals surface area contributed by atoms with Crippen molar-refractivity contribution in [1.29, 1.82) is 0 Å². The maximum Gasteiger partial charge on any atom is 0.180 e. The fourth-order valence-electron chi connectivity index (χ4n) is 2.38. The molecule has 0 aromatic carbocycles. The zero-order chi connectivity index (χ0) is 13.4. The molecule has 100 valence electrons. The second-order valence-electron chi connectivity index (χ2n) is 4.70. The fraction of sp³-hybridized carbons (Fsp3) is 0.462. The van der Waals surface area contributed by atoms with Gasteiger partial charge in [0.05, 0.1) is 5.39 Å². The maximum atomic E-state index is 11.7. The Bertz CT molecular complexity index is 632. The van der Waals surface area contributed by atoms with Gasteiger partial charge in [-0.15, -0.1) is 0 Å². The number of fused-ring (bicyclic) bond motifs is 1. The number of nitrogens with zero attached hydrogens (tertiary/aromatic N) is 3. The third kappa shape index (κ3) is 2.30. The molecule has 1 atom stereocenters. The average molecular weight is 324 g/mol. The minimum absolute atomic E-state index is 0.0561. The number of carbonyl (C=O) groups is 1. The van der Waals surface area contributed by atoms with E-state index in [0.29, 0.717) is 11.3 Å². The molecule has 0 bridgehead atoms. The van der Waals surface area contributed by atoms with E-state index in [1.807, 2.05) is 6.07 Å². The Morgan fingerprint density at radius 3 is 3.05 bits per heavy atom. The molecule has 1 aliphatic rings. The Hall–Kier alpha value is -1.27. The SMILES string of the molecule is CC(=O)c1nn(C2CCCCO2)c2ncc(Br)cc12. The first-order valence-corrected chi connectivity index (χ1v) is 7.12. The van der Waals surface area contributed by atoms with E-state index >= 15 is 0 Å². The van der Waals surface area contributed by atoms with E-state index in [1.165, 1.54) is 6.92 Å². The highest BCUT2D eigenvalue weighted by molar-refractivity contribution is 9.10. The van der Waals surface area contributed by atoms with Gasteiger partial charge in [-0.25, -0.2) is 9.67 Å². The van der Waals surface area contributed by atoms with Crippen LogP contribution in [0.1, 0.15) is 42.9 Å². The van der Waals surface area contributed by atoms with Crippen molar-refractivity contribution in [1.82, 2.24) is 14.8 Å². The number of halogens is 1. The minimum atomic E-state index is -0.113. The molecule has 3 heterocycles. The number of hydrogen-bond donors (Lipinski definition) is 0. The number of pyridine rings is 1. The predicted molar refractivity (Wildman–Crippen MR) is 74.1 cm³/mol. The van der Waals surface area contributed by atoms with Gasteiger partial charge in [0, 0.05) is 24.2 Å². The predicted octanol–water partition coefficient (Wildman–Crippen LogP) is 3.10. The van der Waals surface area contributed by atoms with Gasteiger partial charge < -0.3 is 4.74 Å². The Morgan fingerprint density at radius 1 is 1.53 bits per heavy atom. The lowest BCUT2D eigenvalue weighted by atomic mass is 10.2. The van der Waals surface area contributed by atoms with Crippen molar-refractivity contribution >= 4 is 32.7 Å². The Kier molecular flexibility index (Phi) is 3.36. The number of Topliss-reactive ketones (excluding diaryl/α,β-unsaturated/α-hetero) is 1. The van der Waals surface area contributed by atoms with Crippen molar-refractivity contribution in [2.45, 2.75) is 32.4 Å². The molecule has 5 nitrogen and oxygen atoms in total. The average Bonchev–Trinajstić information content (AvgIpc) is 2.78. The first-order valence-electron chi connectivity index (χ1n) is 6.33. The molecule has 0 saturated carbocycles. The van der Waals surface area contributed by atoms with Gasteiger partial charge in [0.1, 0.15) is 5.69 Å². The third-order valence-electron chi connectivity index (χ3n) is 3.28. The molecule has 2 aromatic rings. The molecule has 0 aliphatic carbocycles. The first kappa shape index (κ1) is 12.7. The highest BCUT2D eigenvalue weighted by Gasteiger charge is 2.23. The molecular weight excluding hydrogens is 310 g/mol. The van der Waals surface area contributed by atoms with Gasteiger partial charge >= 0.3 is 0 Å². The highest BCUT2D eigenvalue weighted by atomic mass is 79.9. The van der Waals surface area contributed by atoms with Gasteiger partial charge in [-0.2, -0.15) is 5.10 Å². The monoisotopic (exact) mass is 323 g/mol. The molecule has 2 aromatic heterocycles. The lowest BCUT2D eigenvalue weighted by molar-refractivity contribution is -0.0371. The summed E-state index contributed by atoms with van der Waals surface area (Å²) in [5.41, 5.74) is 1.17. The Balaban J connectivity index is 2.16. The van der Waals surface area contributed by atoms with Crippen LogP contribution in [0.15, 0.2) is 16.7 Å². The van der Waals surface area contributed by atoms with Crippen LogP contribution in [0.4, 0.5) is 0 Å². The van der Waals surface area contributed by atoms with E-state index in [-0.39, 0.29) is 12.0 Å². The third-order valence-corrected chi connectivity index (χ3v) is 3.71. The number of rotatable bonds is 2. The molecule has 19 heavy (non-hydrogen) atoms. The minimum Gasteiger partial charge on any atom is -0.356 e. The van der Waals surface area contributed by atoms with Crippen LogP contribution in [-0.2, 0) is 4.74 Å². The first-order chi connectivity index (χ1) is 9.16. The van der Waals surface area contributed by atoms with Gasteiger partial charge in [-0.1, -0.05) is 0 Å². The van der Waals surface area contributed by atoms with E-state index in [1.54, 1.807) is 10.9 Å². The number of aromatic nitrogens is 3. The molecule has 6 heteroatoms. The summed E-state index contributed by atoms with van der Waals surface area (Å²) < 4.78 is 8.32. The number of ketones is 1. The van der Waals surface area contributed by atoms with Crippen LogP contribution in [0.3, 0.4) is 0 Å². The molecule has 1 saturated heterocycles. The number of hydrogen-bond acceptors (Lipinski definition) is 4. The zero-order valence-corrected chi connectivity index (χ0v) is 12.2. The van der Waals surface area contributed by atoms with E-state index in [0.717, 1.165) is 35.7 Å².